The van der Waals surface area contributed by atoms with E-state index in [-0.39, 0.29) is 0 Å². The first kappa shape index (κ1) is 13.3. The van der Waals surface area contributed by atoms with Crippen LogP contribution in [0.5, 0.6) is 0 Å². The van der Waals surface area contributed by atoms with Gasteiger partial charge < -0.3 is 10.6 Å². The molecule has 0 saturated carbocycles. The van der Waals surface area contributed by atoms with Crippen molar-refractivity contribution in [3.05, 3.63) is 23.9 Å². The molecular weight excluding hydrogens is 222 g/mol. The molecule has 1 aromatic rings. The Morgan fingerprint density at radius 1 is 1.39 bits per heavy atom. The third-order valence-corrected chi connectivity index (χ3v) is 3.79. The molecule has 0 bridgehead atoms. The molecule has 1 fully saturated rings. The fourth-order valence-corrected chi connectivity index (χ4v) is 2.84. The molecular formula is C15H25N3. The van der Waals surface area contributed by atoms with Crippen LogP contribution in [0.4, 0.5) is 5.82 Å². The smallest absolute Gasteiger partial charge is 0.128 e. The lowest BCUT2D eigenvalue weighted by atomic mass is 9.98. The van der Waals surface area contributed by atoms with Gasteiger partial charge in [-0.05, 0) is 50.3 Å². The first-order valence-electron chi connectivity index (χ1n) is 7.26. The predicted octanol–water partition coefficient (Wildman–Crippen LogP) is 2.74. The van der Waals surface area contributed by atoms with Gasteiger partial charge in [0.05, 0.1) is 0 Å². The van der Waals surface area contributed by atoms with E-state index >= 15 is 0 Å². The lowest BCUT2D eigenvalue weighted by Crippen LogP contribution is -2.40. The number of anilines is 1. The minimum Gasteiger partial charge on any atom is -0.354 e. The highest BCUT2D eigenvalue weighted by molar-refractivity contribution is 5.41. The van der Waals surface area contributed by atoms with E-state index < -0.39 is 0 Å². The van der Waals surface area contributed by atoms with Crippen molar-refractivity contribution in [1.82, 2.24) is 4.98 Å². The Kier molecular flexibility index (Phi) is 5.00. The summed E-state index contributed by atoms with van der Waals surface area (Å²) in [6, 6.07) is 5.03. The minimum absolute atomic E-state index is 0.691. The summed E-state index contributed by atoms with van der Waals surface area (Å²) in [5, 5.41) is 0. The maximum Gasteiger partial charge on any atom is 0.128 e. The van der Waals surface area contributed by atoms with Gasteiger partial charge in [0.1, 0.15) is 5.82 Å². The topological polar surface area (TPSA) is 42.1 Å². The Morgan fingerprint density at radius 3 is 2.94 bits per heavy atom. The van der Waals surface area contributed by atoms with Crippen LogP contribution in [-0.2, 0) is 6.42 Å². The Bertz CT molecular complexity index is 345. The molecule has 0 aromatic carbocycles. The van der Waals surface area contributed by atoms with E-state index in [0.717, 1.165) is 18.8 Å². The Hall–Kier alpha value is -1.09. The molecule has 2 heterocycles. The zero-order valence-corrected chi connectivity index (χ0v) is 11.4. The number of aromatic nitrogens is 1. The monoisotopic (exact) mass is 247 g/mol. The molecule has 0 amide bonds. The molecule has 1 saturated heterocycles. The van der Waals surface area contributed by atoms with E-state index in [1.807, 2.05) is 6.20 Å². The highest BCUT2D eigenvalue weighted by Gasteiger charge is 2.22. The van der Waals surface area contributed by atoms with Crippen LogP contribution >= 0.6 is 0 Å². The van der Waals surface area contributed by atoms with Crippen molar-refractivity contribution in [2.75, 3.05) is 18.0 Å². The van der Waals surface area contributed by atoms with Crippen molar-refractivity contribution in [1.29, 1.82) is 0 Å². The second-order valence-corrected chi connectivity index (χ2v) is 5.19. The average Bonchev–Trinajstić information content (AvgIpc) is 2.41. The molecule has 0 aliphatic carbocycles. The van der Waals surface area contributed by atoms with Gasteiger partial charge in [0, 0.05) is 18.8 Å². The van der Waals surface area contributed by atoms with Gasteiger partial charge >= 0.3 is 0 Å². The summed E-state index contributed by atoms with van der Waals surface area (Å²) < 4.78 is 0. The molecule has 1 aromatic heterocycles. The fraction of sp³-hybridized carbons (Fsp3) is 0.667. The Labute approximate surface area is 110 Å². The lowest BCUT2D eigenvalue weighted by molar-refractivity contribution is 0.432. The summed E-state index contributed by atoms with van der Waals surface area (Å²) in [6.45, 7) is 4.13. The maximum absolute atomic E-state index is 5.56. The third-order valence-electron chi connectivity index (χ3n) is 3.79. The van der Waals surface area contributed by atoms with Gasteiger partial charge in [-0.1, -0.05) is 19.4 Å². The van der Waals surface area contributed by atoms with Crippen molar-refractivity contribution >= 4 is 5.82 Å². The Balaban J connectivity index is 2.07. The highest BCUT2D eigenvalue weighted by atomic mass is 15.2. The molecule has 0 spiro atoms. The van der Waals surface area contributed by atoms with Crippen LogP contribution < -0.4 is 10.6 Å². The van der Waals surface area contributed by atoms with Crippen molar-refractivity contribution in [3.8, 4) is 0 Å². The van der Waals surface area contributed by atoms with Crippen LogP contribution in [0.3, 0.4) is 0 Å². The predicted molar refractivity (Wildman–Crippen MR) is 76.9 cm³/mol. The quantitative estimate of drug-likeness (QED) is 0.870. The normalized spacial score (nSPS) is 20.1. The molecule has 0 radical (unpaired) electrons. The lowest BCUT2D eigenvalue weighted by Gasteiger charge is -2.36. The SMILES string of the molecule is CCCC1CCCCN1c1ccc(CCN)cn1. The second kappa shape index (κ2) is 6.74. The molecule has 2 rings (SSSR count). The molecule has 1 aliphatic rings. The van der Waals surface area contributed by atoms with E-state index in [1.165, 1.54) is 37.7 Å². The molecule has 18 heavy (non-hydrogen) atoms. The summed E-state index contributed by atoms with van der Waals surface area (Å²) >= 11 is 0. The highest BCUT2D eigenvalue weighted by Crippen LogP contribution is 2.25. The molecule has 2 N–H and O–H groups in total. The van der Waals surface area contributed by atoms with Gasteiger partial charge in [0.15, 0.2) is 0 Å². The van der Waals surface area contributed by atoms with Crippen LogP contribution in [0.1, 0.15) is 44.6 Å². The number of nitrogens with zero attached hydrogens (tertiary/aromatic N) is 2. The van der Waals surface area contributed by atoms with Gasteiger partial charge in [0.25, 0.3) is 0 Å². The van der Waals surface area contributed by atoms with Gasteiger partial charge in [0.2, 0.25) is 0 Å². The van der Waals surface area contributed by atoms with E-state index in [0.29, 0.717) is 12.6 Å². The maximum atomic E-state index is 5.56. The third kappa shape index (κ3) is 3.22. The van der Waals surface area contributed by atoms with Crippen molar-refractivity contribution < 1.29 is 0 Å². The van der Waals surface area contributed by atoms with E-state index in [1.54, 1.807) is 0 Å². The first-order chi connectivity index (χ1) is 8.85. The molecule has 3 heteroatoms. The summed E-state index contributed by atoms with van der Waals surface area (Å²) in [6.07, 6.45) is 9.43. The zero-order valence-electron chi connectivity index (χ0n) is 11.4. The second-order valence-electron chi connectivity index (χ2n) is 5.19. The van der Waals surface area contributed by atoms with Crippen LogP contribution in [0, 0.1) is 0 Å². The van der Waals surface area contributed by atoms with Crippen LogP contribution in [-0.4, -0.2) is 24.1 Å². The molecule has 1 atom stereocenters. The number of piperidine rings is 1. The largest absolute Gasteiger partial charge is 0.354 e. The summed E-state index contributed by atoms with van der Waals surface area (Å²) in [7, 11) is 0. The van der Waals surface area contributed by atoms with Gasteiger partial charge in [-0.2, -0.15) is 0 Å². The number of hydrogen-bond donors (Lipinski definition) is 1. The Morgan fingerprint density at radius 2 is 2.28 bits per heavy atom. The average molecular weight is 247 g/mol. The summed E-state index contributed by atoms with van der Waals surface area (Å²) in [5.41, 5.74) is 6.81. The van der Waals surface area contributed by atoms with Crippen molar-refractivity contribution in [2.45, 2.75) is 51.5 Å². The van der Waals surface area contributed by atoms with E-state index in [4.69, 9.17) is 5.73 Å². The van der Waals surface area contributed by atoms with Gasteiger partial charge in [-0.25, -0.2) is 4.98 Å². The number of pyridine rings is 1. The molecule has 1 unspecified atom stereocenters. The zero-order chi connectivity index (χ0) is 12.8. The first-order valence-corrected chi connectivity index (χ1v) is 7.26. The minimum atomic E-state index is 0.691. The van der Waals surface area contributed by atoms with Crippen molar-refractivity contribution in [2.24, 2.45) is 5.73 Å². The van der Waals surface area contributed by atoms with Crippen LogP contribution in [0.15, 0.2) is 18.3 Å². The van der Waals surface area contributed by atoms with E-state index in [2.05, 4.69) is 28.9 Å². The van der Waals surface area contributed by atoms with Gasteiger partial charge in [-0.3, -0.25) is 0 Å². The van der Waals surface area contributed by atoms with Crippen molar-refractivity contribution in [3.63, 3.8) is 0 Å². The summed E-state index contributed by atoms with van der Waals surface area (Å²) in [4.78, 5) is 7.12. The number of rotatable bonds is 5. The van der Waals surface area contributed by atoms with E-state index in [9.17, 15) is 0 Å². The number of hydrogen-bond acceptors (Lipinski definition) is 3. The fourth-order valence-electron chi connectivity index (χ4n) is 2.84. The van der Waals surface area contributed by atoms with Crippen LogP contribution in [0.25, 0.3) is 0 Å². The number of nitrogens with two attached hydrogens (primary N) is 1. The molecule has 100 valence electrons. The van der Waals surface area contributed by atoms with Crippen LogP contribution in [0.2, 0.25) is 0 Å². The molecule has 1 aliphatic heterocycles. The van der Waals surface area contributed by atoms with Gasteiger partial charge in [-0.15, -0.1) is 0 Å². The standard InChI is InChI=1S/C15H25N3/c1-2-5-14-6-3-4-11-18(14)15-8-7-13(9-10-16)12-17-15/h7-8,12,14H,2-6,9-11,16H2,1H3. The molecule has 3 nitrogen and oxygen atoms in total. The summed E-state index contributed by atoms with van der Waals surface area (Å²) in [5.74, 6) is 1.15.